The number of Topliss-reactive ketones (excluding diaryl/α,β-unsaturated/α-hetero) is 1. The monoisotopic (exact) mass is 502 g/mol. The lowest BCUT2D eigenvalue weighted by molar-refractivity contribution is -0.138. The molecular formula is C23H27FN6O6. The summed E-state index contributed by atoms with van der Waals surface area (Å²) in [5.74, 6) is -1.21. The molecule has 1 aliphatic rings. The fraction of sp³-hybridized carbons (Fsp3) is 0.391. The molecule has 0 saturated carbocycles. The molecule has 0 atom stereocenters. The van der Waals surface area contributed by atoms with Crippen molar-refractivity contribution in [2.24, 2.45) is 0 Å². The Morgan fingerprint density at radius 1 is 1.08 bits per heavy atom. The van der Waals surface area contributed by atoms with Gasteiger partial charge in [0.05, 0.1) is 5.69 Å². The number of nitrogens with one attached hydrogen (secondary N) is 2. The van der Waals surface area contributed by atoms with E-state index in [4.69, 9.17) is 5.11 Å². The maximum atomic E-state index is 14.3. The third-order valence-electron chi connectivity index (χ3n) is 5.60. The first kappa shape index (κ1) is 26.3. The van der Waals surface area contributed by atoms with Gasteiger partial charge in [-0.3, -0.25) is 19.5 Å². The fourth-order valence-electron chi connectivity index (χ4n) is 3.78. The number of carboxylic acid groups (broad SMARTS) is 1. The third kappa shape index (κ3) is 6.23. The normalized spacial score (nSPS) is 13.8. The minimum absolute atomic E-state index is 0.000203. The first-order valence-electron chi connectivity index (χ1n) is 11.1. The van der Waals surface area contributed by atoms with E-state index in [-0.39, 0.29) is 55.5 Å². The van der Waals surface area contributed by atoms with Crippen molar-refractivity contribution >= 4 is 29.6 Å². The molecule has 0 radical (unpaired) electrons. The molecule has 3 N–H and O–H groups in total. The number of benzene rings is 1. The zero-order valence-corrected chi connectivity index (χ0v) is 20.1. The van der Waals surface area contributed by atoms with Gasteiger partial charge in [0.2, 0.25) is 5.91 Å². The van der Waals surface area contributed by atoms with Crippen LogP contribution < -0.4 is 16.3 Å². The molecule has 0 aliphatic carbocycles. The second-order valence-corrected chi connectivity index (χ2v) is 8.88. The van der Waals surface area contributed by atoms with Crippen LogP contribution >= 0.6 is 0 Å². The van der Waals surface area contributed by atoms with E-state index in [1.165, 1.54) is 55.0 Å². The molecular weight excluding hydrogens is 475 g/mol. The lowest BCUT2D eigenvalue weighted by atomic mass is 10.0. The quantitative estimate of drug-likeness (QED) is 0.537. The van der Waals surface area contributed by atoms with Gasteiger partial charge in [-0.25, -0.2) is 18.8 Å². The van der Waals surface area contributed by atoms with Crippen LogP contribution in [0.3, 0.4) is 0 Å². The van der Waals surface area contributed by atoms with Crippen molar-refractivity contribution in [1.82, 2.24) is 24.7 Å². The van der Waals surface area contributed by atoms with Crippen LogP contribution in [0.2, 0.25) is 0 Å². The van der Waals surface area contributed by atoms with Crippen LogP contribution in [-0.2, 0) is 16.0 Å². The lowest BCUT2D eigenvalue weighted by Crippen LogP contribution is -2.60. The molecule has 1 aromatic carbocycles. The Bertz CT molecular complexity index is 1250. The van der Waals surface area contributed by atoms with Gasteiger partial charge in [-0.05, 0) is 44.5 Å². The van der Waals surface area contributed by atoms with Crippen LogP contribution in [0.1, 0.15) is 26.3 Å². The molecule has 1 aromatic heterocycles. The van der Waals surface area contributed by atoms with Crippen molar-refractivity contribution < 1.29 is 28.7 Å². The highest BCUT2D eigenvalue weighted by Crippen LogP contribution is 2.15. The van der Waals surface area contributed by atoms with E-state index in [2.05, 4.69) is 15.6 Å². The number of nitrogens with zero attached hydrogens (tertiary/aromatic N) is 4. The first-order chi connectivity index (χ1) is 16.9. The van der Waals surface area contributed by atoms with Gasteiger partial charge in [0.15, 0.2) is 0 Å². The second kappa shape index (κ2) is 10.5. The van der Waals surface area contributed by atoms with Crippen molar-refractivity contribution in [2.45, 2.75) is 32.7 Å². The smallest absolute Gasteiger partial charge is 0.405 e. The van der Waals surface area contributed by atoms with E-state index in [1.807, 2.05) is 0 Å². The SMILES string of the molecule is CC(=O)Cc1ccc(-n2ccc(NC(=O)N3CCN(C(=O)C(C)(C)NC(=O)O)CC3)nc2=O)cc1F. The van der Waals surface area contributed by atoms with Gasteiger partial charge >= 0.3 is 17.8 Å². The zero-order chi connectivity index (χ0) is 26.6. The van der Waals surface area contributed by atoms with E-state index >= 15 is 0 Å². The number of anilines is 1. The van der Waals surface area contributed by atoms with Gasteiger partial charge in [0.25, 0.3) is 0 Å². The highest BCUT2D eigenvalue weighted by Gasteiger charge is 2.35. The maximum absolute atomic E-state index is 14.3. The van der Waals surface area contributed by atoms with Crippen LogP contribution in [0.5, 0.6) is 0 Å². The minimum atomic E-state index is -1.31. The number of ketones is 1. The van der Waals surface area contributed by atoms with Gasteiger partial charge in [-0.1, -0.05) is 6.07 Å². The summed E-state index contributed by atoms with van der Waals surface area (Å²) in [4.78, 5) is 66.6. The Kier molecular flexibility index (Phi) is 7.71. The Hall–Kier alpha value is -4.29. The van der Waals surface area contributed by atoms with Crippen LogP contribution in [0.4, 0.5) is 19.8 Å². The molecule has 1 aliphatic heterocycles. The predicted octanol–water partition coefficient (Wildman–Crippen LogP) is 1.23. The molecule has 13 heteroatoms. The van der Waals surface area contributed by atoms with E-state index < -0.39 is 35.1 Å². The summed E-state index contributed by atoms with van der Waals surface area (Å²) in [6, 6.07) is 4.93. The van der Waals surface area contributed by atoms with E-state index in [1.54, 1.807) is 0 Å². The Labute approximate surface area is 205 Å². The number of aromatic nitrogens is 2. The molecule has 12 nitrogen and oxygen atoms in total. The third-order valence-corrected chi connectivity index (χ3v) is 5.60. The van der Waals surface area contributed by atoms with Crippen LogP contribution in [0.15, 0.2) is 35.3 Å². The summed E-state index contributed by atoms with van der Waals surface area (Å²) >= 11 is 0. The average molecular weight is 503 g/mol. The van der Waals surface area contributed by atoms with Gasteiger partial charge in [-0.15, -0.1) is 0 Å². The Morgan fingerprint density at radius 2 is 1.72 bits per heavy atom. The standard InChI is InChI=1S/C23H27FN6O6/c1-14(31)12-15-4-5-16(13-17(15)24)30-7-6-18(26-21(30)34)25-20(33)29-10-8-28(9-11-29)19(32)23(2,3)27-22(35)36/h4-7,13,27H,8-12H2,1-3H3,(H,35,36)(H,25,26,33,34). The molecule has 4 amide bonds. The van der Waals surface area contributed by atoms with Gasteiger partial charge < -0.3 is 20.2 Å². The number of carbonyl (C=O) groups is 4. The summed E-state index contributed by atoms with van der Waals surface area (Å²) in [7, 11) is 0. The fourth-order valence-corrected chi connectivity index (χ4v) is 3.78. The number of piperazine rings is 1. The Morgan fingerprint density at radius 3 is 2.28 bits per heavy atom. The van der Waals surface area contributed by atoms with Crippen LogP contribution in [-0.4, -0.2) is 80.0 Å². The van der Waals surface area contributed by atoms with Crippen molar-refractivity contribution in [3.63, 3.8) is 0 Å². The van der Waals surface area contributed by atoms with Gasteiger partial charge in [0.1, 0.15) is 23.0 Å². The average Bonchev–Trinajstić information content (AvgIpc) is 2.79. The molecule has 2 heterocycles. The zero-order valence-electron chi connectivity index (χ0n) is 20.1. The summed E-state index contributed by atoms with van der Waals surface area (Å²) < 4.78 is 15.4. The number of rotatable bonds is 6. The number of hydrogen-bond acceptors (Lipinski definition) is 6. The molecule has 3 rings (SSSR count). The molecule has 0 unspecified atom stereocenters. The molecule has 2 aromatic rings. The molecule has 0 spiro atoms. The molecule has 192 valence electrons. The number of carbonyl (C=O) groups excluding carboxylic acids is 3. The van der Waals surface area contributed by atoms with E-state index in [9.17, 15) is 28.4 Å². The second-order valence-electron chi connectivity index (χ2n) is 8.88. The number of amides is 4. The molecule has 1 saturated heterocycles. The van der Waals surface area contributed by atoms with Crippen molar-refractivity contribution in [3.05, 3.63) is 52.3 Å². The molecule has 1 fully saturated rings. The highest BCUT2D eigenvalue weighted by atomic mass is 19.1. The Balaban J connectivity index is 1.61. The van der Waals surface area contributed by atoms with Crippen LogP contribution in [0.25, 0.3) is 5.69 Å². The first-order valence-corrected chi connectivity index (χ1v) is 11.1. The van der Waals surface area contributed by atoms with Crippen molar-refractivity contribution in [1.29, 1.82) is 0 Å². The van der Waals surface area contributed by atoms with E-state index in [0.717, 1.165) is 10.6 Å². The van der Waals surface area contributed by atoms with Gasteiger partial charge in [0, 0.05) is 38.8 Å². The summed E-state index contributed by atoms with van der Waals surface area (Å²) in [5, 5.41) is 13.6. The van der Waals surface area contributed by atoms with Gasteiger partial charge in [-0.2, -0.15) is 4.98 Å². The summed E-state index contributed by atoms with van der Waals surface area (Å²) in [6.07, 6.45) is -0.0155. The number of hydrogen-bond donors (Lipinski definition) is 3. The van der Waals surface area contributed by atoms with Crippen molar-refractivity contribution in [3.8, 4) is 5.69 Å². The summed E-state index contributed by atoms with van der Waals surface area (Å²) in [6.45, 7) is 5.09. The number of halogens is 1. The van der Waals surface area contributed by atoms with Crippen LogP contribution in [0, 0.1) is 5.82 Å². The minimum Gasteiger partial charge on any atom is -0.465 e. The maximum Gasteiger partial charge on any atom is 0.405 e. The van der Waals surface area contributed by atoms with E-state index in [0.29, 0.717) is 0 Å². The highest BCUT2D eigenvalue weighted by molar-refractivity contribution is 5.90. The topological polar surface area (TPSA) is 154 Å². The lowest BCUT2D eigenvalue weighted by Gasteiger charge is -2.38. The molecule has 0 bridgehead atoms. The summed E-state index contributed by atoms with van der Waals surface area (Å²) in [5.41, 5.74) is -1.60. The molecule has 36 heavy (non-hydrogen) atoms. The number of urea groups is 1. The van der Waals surface area contributed by atoms with Crippen molar-refractivity contribution in [2.75, 3.05) is 31.5 Å². The predicted molar refractivity (Wildman–Crippen MR) is 127 cm³/mol. The largest absolute Gasteiger partial charge is 0.465 e.